The second-order valence-electron chi connectivity index (χ2n) is 4.34. The molecule has 1 heterocycles. The van der Waals surface area contributed by atoms with E-state index in [2.05, 4.69) is 11.7 Å². The standard InChI is InChI=1S/C13H16FNO2/c1-9-4-3-7-15(9)12-6-5-10(8-11(12)14)13(16)17-2/h5-6,8-9H,3-4,7H2,1-2H3/t9-/m0/s1. The monoisotopic (exact) mass is 237 g/mol. The van der Waals surface area contributed by atoms with Crippen molar-refractivity contribution in [2.75, 3.05) is 18.6 Å². The van der Waals surface area contributed by atoms with Gasteiger partial charge in [-0.25, -0.2) is 9.18 Å². The third kappa shape index (κ3) is 2.25. The molecule has 0 unspecified atom stereocenters. The molecule has 0 radical (unpaired) electrons. The number of rotatable bonds is 2. The van der Waals surface area contributed by atoms with Crippen LogP contribution < -0.4 is 4.90 Å². The summed E-state index contributed by atoms with van der Waals surface area (Å²) in [6.45, 7) is 2.95. The maximum atomic E-state index is 13.9. The minimum Gasteiger partial charge on any atom is -0.465 e. The van der Waals surface area contributed by atoms with Crippen LogP contribution in [0.15, 0.2) is 18.2 Å². The van der Waals surface area contributed by atoms with E-state index in [4.69, 9.17) is 0 Å². The van der Waals surface area contributed by atoms with Gasteiger partial charge in [0.2, 0.25) is 0 Å². The predicted octanol–water partition coefficient (Wildman–Crippen LogP) is 2.60. The van der Waals surface area contributed by atoms with E-state index in [-0.39, 0.29) is 11.4 Å². The average Bonchev–Trinajstić information content (AvgIpc) is 2.74. The van der Waals surface area contributed by atoms with Crippen molar-refractivity contribution in [2.24, 2.45) is 0 Å². The van der Waals surface area contributed by atoms with Crippen LogP contribution in [0, 0.1) is 5.82 Å². The molecule has 1 aliphatic rings. The quantitative estimate of drug-likeness (QED) is 0.740. The van der Waals surface area contributed by atoms with Crippen LogP contribution >= 0.6 is 0 Å². The SMILES string of the molecule is COC(=O)c1ccc(N2CCC[C@@H]2C)c(F)c1. The Bertz CT molecular complexity index is 433. The summed E-state index contributed by atoms with van der Waals surface area (Å²) in [4.78, 5) is 13.3. The topological polar surface area (TPSA) is 29.5 Å². The molecule has 1 aliphatic heterocycles. The molecule has 1 aromatic carbocycles. The fraction of sp³-hybridized carbons (Fsp3) is 0.462. The normalized spacial score (nSPS) is 19.5. The molecule has 0 N–H and O–H groups in total. The van der Waals surface area contributed by atoms with E-state index in [0.717, 1.165) is 19.4 Å². The van der Waals surface area contributed by atoms with Gasteiger partial charge in [-0.15, -0.1) is 0 Å². The van der Waals surface area contributed by atoms with Gasteiger partial charge >= 0.3 is 5.97 Å². The van der Waals surface area contributed by atoms with Crippen molar-refractivity contribution in [3.8, 4) is 0 Å². The summed E-state index contributed by atoms with van der Waals surface area (Å²) in [5, 5.41) is 0. The van der Waals surface area contributed by atoms with Gasteiger partial charge in [-0.3, -0.25) is 0 Å². The van der Waals surface area contributed by atoms with Crippen molar-refractivity contribution < 1.29 is 13.9 Å². The van der Waals surface area contributed by atoms with Crippen LogP contribution in [0.5, 0.6) is 0 Å². The van der Waals surface area contributed by atoms with Gasteiger partial charge in [0.25, 0.3) is 0 Å². The molecule has 0 saturated carbocycles. The van der Waals surface area contributed by atoms with Crippen molar-refractivity contribution in [3.05, 3.63) is 29.6 Å². The highest BCUT2D eigenvalue weighted by Gasteiger charge is 2.23. The molecule has 1 saturated heterocycles. The molecule has 3 nitrogen and oxygen atoms in total. The first-order valence-corrected chi connectivity index (χ1v) is 5.78. The van der Waals surface area contributed by atoms with Crippen LogP contribution in [-0.2, 0) is 4.74 Å². The second kappa shape index (κ2) is 4.73. The van der Waals surface area contributed by atoms with Crippen molar-refractivity contribution in [3.63, 3.8) is 0 Å². The van der Waals surface area contributed by atoms with Crippen LogP contribution in [-0.4, -0.2) is 25.7 Å². The van der Waals surface area contributed by atoms with E-state index in [1.165, 1.54) is 13.2 Å². The lowest BCUT2D eigenvalue weighted by molar-refractivity contribution is 0.0600. The Hall–Kier alpha value is -1.58. The Morgan fingerprint density at radius 1 is 1.53 bits per heavy atom. The van der Waals surface area contributed by atoms with Gasteiger partial charge < -0.3 is 9.64 Å². The van der Waals surface area contributed by atoms with Crippen LogP contribution in [0.3, 0.4) is 0 Å². The number of hydrogen-bond donors (Lipinski definition) is 0. The van der Waals surface area contributed by atoms with Crippen molar-refractivity contribution in [1.82, 2.24) is 0 Å². The molecule has 2 rings (SSSR count). The molecule has 0 amide bonds. The van der Waals surface area contributed by atoms with Crippen LogP contribution in [0.2, 0.25) is 0 Å². The minimum atomic E-state index is -0.509. The molecule has 1 atom stereocenters. The Balaban J connectivity index is 2.28. The number of carbonyl (C=O) groups excluding carboxylic acids is 1. The lowest BCUT2D eigenvalue weighted by Crippen LogP contribution is -2.27. The maximum absolute atomic E-state index is 13.9. The fourth-order valence-corrected chi connectivity index (χ4v) is 2.28. The van der Waals surface area contributed by atoms with Crippen LogP contribution in [0.4, 0.5) is 10.1 Å². The molecule has 0 aromatic heterocycles. The zero-order chi connectivity index (χ0) is 12.4. The number of ether oxygens (including phenoxy) is 1. The summed E-state index contributed by atoms with van der Waals surface area (Å²) in [7, 11) is 1.29. The zero-order valence-electron chi connectivity index (χ0n) is 10.1. The van der Waals surface area contributed by atoms with E-state index in [1.807, 2.05) is 4.90 Å². The highest BCUT2D eigenvalue weighted by Crippen LogP contribution is 2.28. The molecule has 4 heteroatoms. The Kier molecular flexibility index (Phi) is 3.31. The number of hydrogen-bond acceptors (Lipinski definition) is 3. The lowest BCUT2D eigenvalue weighted by Gasteiger charge is -2.24. The molecule has 0 aliphatic carbocycles. The second-order valence-corrected chi connectivity index (χ2v) is 4.34. The van der Waals surface area contributed by atoms with Crippen molar-refractivity contribution in [1.29, 1.82) is 0 Å². The molecular weight excluding hydrogens is 221 g/mol. The van der Waals surface area contributed by atoms with Gasteiger partial charge in [-0.2, -0.15) is 0 Å². The van der Waals surface area contributed by atoms with Crippen molar-refractivity contribution in [2.45, 2.75) is 25.8 Å². The molecule has 17 heavy (non-hydrogen) atoms. The van der Waals surface area contributed by atoms with E-state index in [1.54, 1.807) is 12.1 Å². The Morgan fingerprint density at radius 2 is 2.29 bits per heavy atom. The smallest absolute Gasteiger partial charge is 0.337 e. The number of anilines is 1. The van der Waals surface area contributed by atoms with Crippen LogP contribution in [0.1, 0.15) is 30.1 Å². The molecule has 0 spiro atoms. The van der Waals surface area contributed by atoms with Gasteiger partial charge in [0.15, 0.2) is 0 Å². The summed E-state index contributed by atoms with van der Waals surface area (Å²) in [6.07, 6.45) is 2.16. The van der Waals surface area contributed by atoms with Gasteiger partial charge in [0.1, 0.15) is 5.82 Å². The number of carbonyl (C=O) groups is 1. The van der Waals surface area contributed by atoms with Gasteiger partial charge in [-0.1, -0.05) is 0 Å². The number of esters is 1. The molecular formula is C13H16FNO2. The first-order valence-electron chi connectivity index (χ1n) is 5.78. The third-order valence-electron chi connectivity index (χ3n) is 3.23. The molecule has 1 fully saturated rings. The largest absolute Gasteiger partial charge is 0.465 e. The summed E-state index contributed by atoms with van der Waals surface area (Å²) >= 11 is 0. The summed E-state index contributed by atoms with van der Waals surface area (Å²) in [5.74, 6) is -0.869. The summed E-state index contributed by atoms with van der Waals surface area (Å²) < 4.78 is 18.5. The first-order chi connectivity index (χ1) is 8.13. The molecule has 1 aromatic rings. The average molecular weight is 237 g/mol. The first kappa shape index (κ1) is 11.9. The Labute approximate surface area is 100 Å². The summed E-state index contributed by atoms with van der Waals surface area (Å²) in [5.41, 5.74) is 0.822. The fourth-order valence-electron chi connectivity index (χ4n) is 2.28. The highest BCUT2D eigenvalue weighted by molar-refractivity contribution is 5.89. The van der Waals surface area contributed by atoms with E-state index >= 15 is 0 Å². The van der Waals surface area contributed by atoms with Crippen LogP contribution in [0.25, 0.3) is 0 Å². The van der Waals surface area contributed by atoms with Crippen molar-refractivity contribution >= 4 is 11.7 Å². The minimum absolute atomic E-state index is 0.251. The van der Waals surface area contributed by atoms with E-state index < -0.39 is 5.97 Å². The molecule has 92 valence electrons. The number of nitrogens with zero attached hydrogens (tertiary/aromatic N) is 1. The van der Waals surface area contributed by atoms with E-state index in [9.17, 15) is 9.18 Å². The number of halogens is 1. The Morgan fingerprint density at radius 3 is 2.82 bits per heavy atom. The zero-order valence-corrected chi connectivity index (χ0v) is 10.1. The number of benzene rings is 1. The van der Waals surface area contributed by atoms with E-state index in [0.29, 0.717) is 11.7 Å². The summed E-state index contributed by atoms with van der Waals surface area (Å²) in [6, 6.07) is 4.86. The van der Waals surface area contributed by atoms with Gasteiger partial charge in [-0.05, 0) is 38.0 Å². The highest BCUT2D eigenvalue weighted by atomic mass is 19.1. The maximum Gasteiger partial charge on any atom is 0.337 e. The third-order valence-corrected chi connectivity index (χ3v) is 3.23. The van der Waals surface area contributed by atoms with Gasteiger partial charge in [0, 0.05) is 12.6 Å². The number of methoxy groups -OCH3 is 1. The molecule has 0 bridgehead atoms. The van der Waals surface area contributed by atoms with Gasteiger partial charge in [0.05, 0.1) is 18.4 Å². The predicted molar refractivity (Wildman–Crippen MR) is 63.8 cm³/mol. The lowest BCUT2D eigenvalue weighted by atomic mass is 10.1.